The van der Waals surface area contributed by atoms with Gasteiger partial charge < -0.3 is 9.47 Å². The van der Waals surface area contributed by atoms with E-state index in [9.17, 15) is 4.79 Å². The minimum Gasteiger partial charge on any atom is -0.497 e. The Morgan fingerprint density at radius 2 is 1.97 bits per heavy atom. The summed E-state index contributed by atoms with van der Waals surface area (Å²) in [7, 11) is 1.63. The van der Waals surface area contributed by atoms with Crippen molar-refractivity contribution in [3.05, 3.63) is 78.1 Å². The van der Waals surface area contributed by atoms with E-state index in [4.69, 9.17) is 9.47 Å². The van der Waals surface area contributed by atoms with Crippen LogP contribution in [0.1, 0.15) is 11.3 Å². The Morgan fingerprint density at radius 1 is 1.07 bits per heavy atom. The maximum absolute atomic E-state index is 13.1. The Balaban J connectivity index is 1.61. The number of amides is 1. The van der Waals surface area contributed by atoms with Crippen LogP contribution in [0.5, 0.6) is 11.5 Å². The maximum Gasteiger partial charge on any atom is 0.267 e. The van der Waals surface area contributed by atoms with Crippen LogP contribution in [0.4, 0.5) is 5.13 Å². The second-order valence-electron chi connectivity index (χ2n) is 6.74. The fourth-order valence-electron chi connectivity index (χ4n) is 2.98. The highest BCUT2D eigenvalue weighted by atomic mass is 32.1. The number of nitrogens with zero attached hydrogens (tertiary/aromatic N) is 3. The van der Waals surface area contributed by atoms with E-state index in [2.05, 4.69) is 9.97 Å². The van der Waals surface area contributed by atoms with Crippen LogP contribution in [-0.2, 0) is 11.3 Å². The fraction of sp³-hybridized carbons (Fsp3) is 0.174. The zero-order valence-corrected chi connectivity index (χ0v) is 17.6. The van der Waals surface area contributed by atoms with Crippen molar-refractivity contribution in [1.82, 2.24) is 9.97 Å². The van der Waals surface area contributed by atoms with Gasteiger partial charge in [0.15, 0.2) is 11.7 Å². The van der Waals surface area contributed by atoms with Gasteiger partial charge in [-0.15, -0.1) is 0 Å². The molecule has 0 radical (unpaired) electrons. The van der Waals surface area contributed by atoms with Gasteiger partial charge in [0.2, 0.25) is 0 Å². The van der Waals surface area contributed by atoms with Crippen LogP contribution in [0.15, 0.2) is 66.9 Å². The van der Waals surface area contributed by atoms with Crippen molar-refractivity contribution in [3.63, 3.8) is 0 Å². The first-order valence-electron chi connectivity index (χ1n) is 9.47. The lowest BCUT2D eigenvalue weighted by atomic mass is 10.2. The van der Waals surface area contributed by atoms with Crippen molar-refractivity contribution in [1.29, 1.82) is 0 Å². The van der Waals surface area contributed by atoms with Crippen molar-refractivity contribution >= 4 is 32.6 Å². The first-order valence-corrected chi connectivity index (χ1v) is 10.3. The van der Waals surface area contributed by atoms with Gasteiger partial charge >= 0.3 is 0 Å². The summed E-state index contributed by atoms with van der Waals surface area (Å²) in [5.41, 5.74) is 2.66. The Bertz CT molecular complexity index is 1160. The second-order valence-corrected chi connectivity index (χ2v) is 7.75. The maximum atomic E-state index is 13.1. The van der Waals surface area contributed by atoms with Crippen LogP contribution < -0.4 is 14.4 Å². The van der Waals surface area contributed by atoms with Crippen LogP contribution in [-0.4, -0.2) is 29.6 Å². The molecule has 0 N–H and O–H groups in total. The number of fused-ring (bicyclic) bond motifs is 1. The Morgan fingerprint density at radius 3 is 2.73 bits per heavy atom. The highest BCUT2D eigenvalue weighted by Gasteiger charge is 2.21. The molecule has 4 aromatic rings. The molecule has 2 aromatic carbocycles. The lowest BCUT2D eigenvalue weighted by Gasteiger charge is -2.19. The number of anilines is 1. The second kappa shape index (κ2) is 8.92. The Kier molecular flexibility index (Phi) is 5.90. The van der Waals surface area contributed by atoms with Crippen LogP contribution in [0.25, 0.3) is 10.2 Å². The normalized spacial score (nSPS) is 10.7. The number of thiazole rings is 1. The summed E-state index contributed by atoms with van der Waals surface area (Å²) in [6, 6.07) is 18.9. The molecule has 0 spiro atoms. The molecule has 0 bridgehead atoms. The number of carbonyl (C=O) groups excluding carboxylic acids is 1. The van der Waals surface area contributed by atoms with Crippen molar-refractivity contribution in [2.75, 3.05) is 18.6 Å². The third-order valence-electron chi connectivity index (χ3n) is 4.51. The predicted molar refractivity (Wildman–Crippen MR) is 118 cm³/mol. The predicted octanol–water partition coefficient (Wildman–Crippen LogP) is 4.62. The van der Waals surface area contributed by atoms with E-state index >= 15 is 0 Å². The van der Waals surface area contributed by atoms with E-state index in [-0.39, 0.29) is 12.5 Å². The van der Waals surface area contributed by atoms with Gasteiger partial charge in [-0.3, -0.25) is 14.7 Å². The minimum absolute atomic E-state index is 0.0878. The molecule has 0 aliphatic carbocycles. The van der Waals surface area contributed by atoms with E-state index in [0.717, 1.165) is 27.2 Å². The standard InChI is InChI=1S/C23H21N3O3S/c1-16-6-5-8-19(12-16)29-15-22(27)26(14-17-7-3-4-11-24-17)23-25-20-10-9-18(28-2)13-21(20)30-23/h3-13H,14-15H2,1-2H3. The summed E-state index contributed by atoms with van der Waals surface area (Å²) in [5.74, 6) is 1.23. The number of rotatable bonds is 7. The Labute approximate surface area is 178 Å². The van der Waals surface area contributed by atoms with Gasteiger partial charge in [0.1, 0.15) is 11.5 Å². The van der Waals surface area contributed by atoms with Crippen LogP contribution >= 0.6 is 11.3 Å². The average molecular weight is 420 g/mol. The molecule has 1 amide bonds. The van der Waals surface area contributed by atoms with Crippen molar-refractivity contribution in [2.45, 2.75) is 13.5 Å². The first-order chi connectivity index (χ1) is 14.6. The molecule has 2 aromatic heterocycles. The molecule has 0 fully saturated rings. The number of aryl methyl sites for hydroxylation is 1. The number of methoxy groups -OCH3 is 1. The molecule has 0 atom stereocenters. The van der Waals surface area contributed by atoms with Gasteiger partial charge in [-0.1, -0.05) is 29.5 Å². The third-order valence-corrected chi connectivity index (χ3v) is 5.56. The Hall–Kier alpha value is -3.45. The molecule has 152 valence electrons. The molecule has 2 heterocycles. The largest absolute Gasteiger partial charge is 0.497 e. The van der Waals surface area contributed by atoms with Gasteiger partial charge in [0.25, 0.3) is 5.91 Å². The summed E-state index contributed by atoms with van der Waals surface area (Å²) in [5, 5.41) is 0.599. The van der Waals surface area contributed by atoms with E-state index in [1.165, 1.54) is 11.3 Å². The molecule has 30 heavy (non-hydrogen) atoms. The SMILES string of the molecule is COc1ccc2nc(N(Cc3ccccn3)C(=O)COc3cccc(C)c3)sc2c1. The summed E-state index contributed by atoms with van der Waals surface area (Å²) >= 11 is 1.44. The summed E-state index contributed by atoms with van der Waals surface area (Å²) in [4.78, 5) is 23.8. The van der Waals surface area contributed by atoms with E-state index in [0.29, 0.717) is 17.4 Å². The lowest BCUT2D eigenvalue weighted by molar-refractivity contribution is -0.120. The highest BCUT2D eigenvalue weighted by molar-refractivity contribution is 7.22. The summed E-state index contributed by atoms with van der Waals surface area (Å²) in [6.45, 7) is 2.21. The number of aromatic nitrogens is 2. The number of hydrogen-bond donors (Lipinski definition) is 0. The summed E-state index contributed by atoms with van der Waals surface area (Å²) in [6.07, 6.45) is 1.71. The smallest absolute Gasteiger partial charge is 0.267 e. The topological polar surface area (TPSA) is 64.5 Å². The van der Waals surface area contributed by atoms with E-state index < -0.39 is 0 Å². The van der Waals surface area contributed by atoms with Gasteiger partial charge in [-0.25, -0.2) is 4.98 Å². The van der Waals surface area contributed by atoms with Crippen molar-refractivity contribution in [2.24, 2.45) is 0 Å². The molecule has 0 unspecified atom stereocenters. The molecule has 6 nitrogen and oxygen atoms in total. The van der Waals surface area contributed by atoms with Gasteiger partial charge in [0.05, 0.1) is 29.6 Å². The first kappa shape index (κ1) is 19.8. The van der Waals surface area contributed by atoms with Crippen LogP contribution in [0, 0.1) is 6.92 Å². The van der Waals surface area contributed by atoms with Gasteiger partial charge in [-0.05, 0) is 55.0 Å². The van der Waals surface area contributed by atoms with Gasteiger partial charge in [0, 0.05) is 6.20 Å². The molecular weight excluding hydrogens is 398 g/mol. The monoisotopic (exact) mass is 419 g/mol. The molecule has 4 rings (SSSR count). The summed E-state index contributed by atoms with van der Waals surface area (Å²) < 4.78 is 12.0. The van der Waals surface area contributed by atoms with Crippen LogP contribution in [0.2, 0.25) is 0 Å². The quantitative estimate of drug-likeness (QED) is 0.437. The molecule has 7 heteroatoms. The number of ether oxygens (including phenoxy) is 2. The average Bonchev–Trinajstić information content (AvgIpc) is 3.19. The van der Waals surface area contributed by atoms with E-state index in [1.807, 2.05) is 67.6 Å². The van der Waals surface area contributed by atoms with Crippen molar-refractivity contribution in [3.8, 4) is 11.5 Å². The van der Waals surface area contributed by atoms with Crippen molar-refractivity contribution < 1.29 is 14.3 Å². The number of hydrogen-bond acceptors (Lipinski definition) is 6. The lowest BCUT2D eigenvalue weighted by Crippen LogP contribution is -2.34. The minimum atomic E-state index is -0.187. The zero-order valence-electron chi connectivity index (χ0n) is 16.7. The number of carbonyl (C=O) groups is 1. The molecule has 0 aliphatic heterocycles. The molecule has 0 saturated carbocycles. The number of benzene rings is 2. The van der Waals surface area contributed by atoms with E-state index in [1.54, 1.807) is 18.2 Å². The van der Waals surface area contributed by atoms with Gasteiger partial charge in [-0.2, -0.15) is 0 Å². The molecular formula is C23H21N3O3S. The number of pyridine rings is 1. The molecule has 0 saturated heterocycles. The third kappa shape index (κ3) is 4.58. The highest BCUT2D eigenvalue weighted by Crippen LogP contribution is 2.32. The van der Waals surface area contributed by atoms with Crippen LogP contribution in [0.3, 0.4) is 0 Å². The zero-order chi connectivity index (χ0) is 20.9. The molecule has 0 aliphatic rings. The fourth-order valence-corrected chi connectivity index (χ4v) is 3.99.